The van der Waals surface area contributed by atoms with Crippen LogP contribution in [0.4, 0.5) is 0 Å². The molecule has 0 saturated carbocycles. The SMILES string of the molecule is CCCCCCCCCCCCCCCCCCOCCOCCOCCOCCOCCOCCCNC(=O)CCC(=O)O. The van der Waals surface area contributed by atoms with E-state index in [0.29, 0.717) is 85.6 Å². The van der Waals surface area contributed by atoms with Crippen molar-refractivity contribution in [1.82, 2.24) is 5.32 Å². The number of hydrogen-bond donors (Lipinski definition) is 2. The molecule has 0 fully saturated rings. The quantitative estimate of drug-likeness (QED) is 0.0701. The van der Waals surface area contributed by atoms with Crippen molar-refractivity contribution in [3.63, 3.8) is 0 Å². The van der Waals surface area contributed by atoms with Crippen molar-refractivity contribution in [3.05, 3.63) is 0 Å². The van der Waals surface area contributed by atoms with Crippen LogP contribution in [0.5, 0.6) is 0 Å². The summed E-state index contributed by atoms with van der Waals surface area (Å²) in [6.07, 6.45) is 22.6. The van der Waals surface area contributed by atoms with E-state index in [9.17, 15) is 9.59 Å². The van der Waals surface area contributed by atoms with Crippen LogP contribution in [0.15, 0.2) is 0 Å². The van der Waals surface area contributed by atoms with Crippen molar-refractivity contribution in [2.45, 2.75) is 129 Å². The molecule has 0 spiro atoms. The number of carboxylic acid groups (broad SMARTS) is 1. The summed E-state index contributed by atoms with van der Waals surface area (Å²) in [4.78, 5) is 21.8. The fraction of sp³-hybridized carbons (Fsp3) is 0.943. The van der Waals surface area contributed by atoms with Crippen LogP contribution in [0.1, 0.15) is 129 Å². The number of carboxylic acids is 1. The zero-order chi connectivity index (χ0) is 32.7. The maximum atomic E-state index is 11.4. The third kappa shape index (κ3) is 40.7. The van der Waals surface area contributed by atoms with E-state index in [1.54, 1.807) is 0 Å². The van der Waals surface area contributed by atoms with Crippen LogP contribution in [-0.2, 0) is 38.0 Å². The number of carbonyl (C=O) groups is 2. The summed E-state index contributed by atoms with van der Waals surface area (Å²) in [7, 11) is 0. The average molecular weight is 648 g/mol. The fourth-order valence-corrected chi connectivity index (χ4v) is 4.66. The molecule has 0 rings (SSSR count). The zero-order valence-corrected chi connectivity index (χ0v) is 28.8. The van der Waals surface area contributed by atoms with E-state index in [0.717, 1.165) is 13.0 Å². The van der Waals surface area contributed by atoms with Crippen molar-refractivity contribution in [1.29, 1.82) is 0 Å². The Labute approximate surface area is 274 Å². The molecule has 0 aliphatic carbocycles. The van der Waals surface area contributed by atoms with Crippen LogP contribution in [-0.4, -0.2) is 103 Å². The highest BCUT2D eigenvalue weighted by Crippen LogP contribution is 2.13. The normalized spacial score (nSPS) is 11.3. The van der Waals surface area contributed by atoms with E-state index >= 15 is 0 Å². The van der Waals surface area contributed by atoms with Gasteiger partial charge in [-0.05, 0) is 12.8 Å². The van der Waals surface area contributed by atoms with Crippen molar-refractivity contribution >= 4 is 11.9 Å². The molecular weight excluding hydrogens is 578 g/mol. The Kier molecular flexibility index (Phi) is 37.8. The number of ether oxygens (including phenoxy) is 6. The molecule has 10 heteroatoms. The molecule has 0 bridgehead atoms. The molecule has 0 aromatic rings. The first-order chi connectivity index (χ1) is 22.2. The van der Waals surface area contributed by atoms with Gasteiger partial charge in [0.15, 0.2) is 0 Å². The average Bonchev–Trinajstić information content (AvgIpc) is 3.03. The van der Waals surface area contributed by atoms with Crippen molar-refractivity contribution in [2.24, 2.45) is 0 Å². The Morgan fingerprint density at radius 3 is 1.09 bits per heavy atom. The molecule has 10 nitrogen and oxygen atoms in total. The van der Waals surface area contributed by atoms with Crippen molar-refractivity contribution in [3.8, 4) is 0 Å². The van der Waals surface area contributed by atoms with Gasteiger partial charge in [-0.25, -0.2) is 0 Å². The summed E-state index contributed by atoms with van der Waals surface area (Å²) in [6.45, 7) is 9.41. The molecular formula is C35H69NO9. The van der Waals surface area contributed by atoms with Crippen LogP contribution >= 0.6 is 0 Å². The van der Waals surface area contributed by atoms with E-state index < -0.39 is 5.97 Å². The molecule has 0 aliphatic heterocycles. The minimum atomic E-state index is -0.972. The Hall–Kier alpha value is -1.30. The molecule has 268 valence electrons. The van der Waals surface area contributed by atoms with Gasteiger partial charge in [0.25, 0.3) is 0 Å². The molecule has 45 heavy (non-hydrogen) atoms. The molecule has 0 radical (unpaired) electrons. The summed E-state index contributed by atoms with van der Waals surface area (Å²) in [5.74, 6) is -1.23. The largest absolute Gasteiger partial charge is 0.481 e. The maximum Gasteiger partial charge on any atom is 0.303 e. The lowest BCUT2D eigenvalue weighted by molar-refractivity contribution is -0.138. The summed E-state index contributed by atoms with van der Waals surface area (Å²) >= 11 is 0. The van der Waals surface area contributed by atoms with E-state index in [4.69, 9.17) is 33.5 Å². The zero-order valence-electron chi connectivity index (χ0n) is 28.8. The van der Waals surface area contributed by atoms with Gasteiger partial charge in [0.2, 0.25) is 5.91 Å². The molecule has 0 saturated heterocycles. The van der Waals surface area contributed by atoms with Gasteiger partial charge >= 0.3 is 5.97 Å². The monoisotopic (exact) mass is 647 g/mol. The lowest BCUT2D eigenvalue weighted by Crippen LogP contribution is -2.25. The topological polar surface area (TPSA) is 122 Å². The molecule has 0 aromatic heterocycles. The maximum absolute atomic E-state index is 11.4. The third-order valence-electron chi connectivity index (χ3n) is 7.36. The van der Waals surface area contributed by atoms with Gasteiger partial charge in [-0.1, -0.05) is 103 Å². The first-order valence-corrected chi connectivity index (χ1v) is 18.1. The Morgan fingerprint density at radius 2 is 0.733 bits per heavy atom. The predicted molar refractivity (Wildman–Crippen MR) is 179 cm³/mol. The van der Waals surface area contributed by atoms with Crippen LogP contribution in [0.25, 0.3) is 0 Å². The van der Waals surface area contributed by atoms with Crippen molar-refractivity contribution in [2.75, 3.05) is 85.8 Å². The number of amides is 1. The Bertz CT molecular complexity index is 610. The molecule has 0 unspecified atom stereocenters. The number of aliphatic carboxylic acids is 1. The van der Waals surface area contributed by atoms with Crippen molar-refractivity contribution < 1.29 is 43.1 Å². The minimum absolute atomic E-state index is 0.00214. The lowest BCUT2D eigenvalue weighted by atomic mass is 10.0. The Balaban J connectivity index is 3.08. The number of hydrogen-bond acceptors (Lipinski definition) is 8. The number of rotatable bonds is 39. The molecule has 0 heterocycles. The molecule has 0 atom stereocenters. The Morgan fingerprint density at radius 1 is 0.422 bits per heavy atom. The first kappa shape index (κ1) is 43.7. The smallest absolute Gasteiger partial charge is 0.303 e. The summed E-state index contributed by atoms with van der Waals surface area (Å²) in [5, 5.41) is 11.2. The van der Waals surface area contributed by atoms with Gasteiger partial charge < -0.3 is 38.8 Å². The van der Waals surface area contributed by atoms with Gasteiger partial charge in [-0.3, -0.25) is 9.59 Å². The second kappa shape index (κ2) is 38.9. The van der Waals surface area contributed by atoms with Gasteiger partial charge in [0, 0.05) is 26.2 Å². The second-order valence-electron chi connectivity index (χ2n) is 11.6. The highest BCUT2D eigenvalue weighted by molar-refractivity contribution is 5.80. The van der Waals surface area contributed by atoms with Crippen LogP contribution in [0.3, 0.4) is 0 Å². The third-order valence-corrected chi connectivity index (χ3v) is 7.36. The standard InChI is InChI=1S/C35H69NO9/c1-2-3-4-5-6-7-8-9-10-11-12-13-14-15-16-17-22-40-24-26-42-28-30-44-32-33-45-31-29-43-27-25-41-23-18-21-36-34(37)19-20-35(38)39/h2-33H2,1H3,(H,36,37)(H,38,39). The lowest BCUT2D eigenvalue weighted by Gasteiger charge is -2.08. The van der Waals surface area contributed by atoms with Crippen LogP contribution in [0, 0.1) is 0 Å². The van der Waals surface area contributed by atoms with Crippen LogP contribution < -0.4 is 5.32 Å². The van der Waals surface area contributed by atoms with Gasteiger partial charge in [0.05, 0.1) is 72.5 Å². The molecule has 2 N–H and O–H groups in total. The first-order valence-electron chi connectivity index (χ1n) is 18.1. The minimum Gasteiger partial charge on any atom is -0.481 e. The predicted octanol–water partition coefficient (Wildman–Crippen LogP) is 6.72. The number of carbonyl (C=O) groups excluding carboxylic acids is 1. The van der Waals surface area contributed by atoms with E-state index in [-0.39, 0.29) is 18.7 Å². The second-order valence-corrected chi connectivity index (χ2v) is 11.6. The van der Waals surface area contributed by atoms with Crippen LogP contribution in [0.2, 0.25) is 0 Å². The molecule has 1 amide bonds. The highest BCUT2D eigenvalue weighted by Gasteiger charge is 2.04. The van der Waals surface area contributed by atoms with E-state index in [1.165, 1.54) is 96.3 Å². The van der Waals surface area contributed by atoms with Gasteiger partial charge in [0.1, 0.15) is 0 Å². The summed E-state index contributed by atoms with van der Waals surface area (Å²) in [6, 6.07) is 0. The fourth-order valence-electron chi connectivity index (χ4n) is 4.66. The number of unbranched alkanes of at least 4 members (excludes halogenated alkanes) is 15. The van der Waals surface area contributed by atoms with E-state index in [2.05, 4.69) is 12.2 Å². The van der Waals surface area contributed by atoms with Gasteiger partial charge in [-0.15, -0.1) is 0 Å². The van der Waals surface area contributed by atoms with E-state index in [1.807, 2.05) is 0 Å². The molecule has 0 aromatic carbocycles. The highest BCUT2D eigenvalue weighted by atomic mass is 16.6. The summed E-state index contributed by atoms with van der Waals surface area (Å²) in [5.41, 5.74) is 0. The molecule has 0 aliphatic rings. The number of nitrogens with one attached hydrogen (secondary N) is 1. The van der Waals surface area contributed by atoms with Gasteiger partial charge in [-0.2, -0.15) is 0 Å². The summed E-state index contributed by atoms with van der Waals surface area (Å²) < 4.78 is 33.1.